The Labute approximate surface area is 163 Å². The van der Waals surface area contributed by atoms with Crippen molar-refractivity contribution in [3.8, 4) is 6.07 Å². The Hall–Kier alpha value is -3.42. The Balaban J connectivity index is 2.00. The van der Waals surface area contributed by atoms with Crippen molar-refractivity contribution in [2.75, 3.05) is 23.9 Å². The van der Waals surface area contributed by atoms with E-state index in [-0.39, 0.29) is 12.5 Å². The molecule has 0 spiro atoms. The molecule has 0 aliphatic rings. The van der Waals surface area contributed by atoms with E-state index in [0.29, 0.717) is 22.8 Å². The van der Waals surface area contributed by atoms with E-state index in [4.69, 9.17) is 0 Å². The molecule has 3 rings (SSSR count). The van der Waals surface area contributed by atoms with Crippen molar-refractivity contribution in [1.29, 1.82) is 5.26 Å². The number of aromatic nitrogens is 4. The van der Waals surface area contributed by atoms with Crippen LogP contribution in [0.1, 0.15) is 19.4 Å². The highest BCUT2D eigenvalue weighted by molar-refractivity contribution is 5.93. The maximum absolute atomic E-state index is 13.1. The number of halogens is 4. The molecule has 29 heavy (non-hydrogen) atoms. The summed E-state index contributed by atoms with van der Waals surface area (Å²) in [5.41, 5.74) is -0.824. The summed E-state index contributed by atoms with van der Waals surface area (Å²) in [6, 6.07) is 7.33. The topological polar surface area (TPSA) is 91.5 Å². The molecule has 1 aromatic carbocycles. The zero-order chi connectivity index (χ0) is 21.2. The Morgan fingerprint density at radius 3 is 2.62 bits per heavy atom. The van der Waals surface area contributed by atoms with Gasteiger partial charge in [0.05, 0.1) is 23.5 Å². The molecule has 0 saturated carbocycles. The van der Waals surface area contributed by atoms with Gasteiger partial charge in [-0.2, -0.15) is 28.5 Å². The molecule has 11 heteroatoms. The van der Waals surface area contributed by atoms with E-state index in [2.05, 4.69) is 31.8 Å². The summed E-state index contributed by atoms with van der Waals surface area (Å²) >= 11 is 0. The zero-order valence-corrected chi connectivity index (χ0v) is 15.5. The number of nitrogens with zero attached hydrogens (tertiary/aromatic N) is 5. The second kappa shape index (κ2) is 7.54. The van der Waals surface area contributed by atoms with Crippen LogP contribution in [0.4, 0.5) is 35.0 Å². The monoisotopic (exact) mass is 407 g/mol. The van der Waals surface area contributed by atoms with Gasteiger partial charge in [-0.05, 0) is 26.0 Å². The molecule has 3 aromatic rings. The summed E-state index contributed by atoms with van der Waals surface area (Å²) < 4.78 is 53.3. The SMILES string of the molecule is CC(C)(C#N)n1ncc2c(Nc3ncc(C(F)(F)F)c(NCCF)n3)cccc21. The Kier molecular flexibility index (Phi) is 5.28. The van der Waals surface area contributed by atoms with Crippen LogP contribution in [-0.2, 0) is 11.7 Å². The van der Waals surface area contributed by atoms with Crippen LogP contribution in [0.25, 0.3) is 10.9 Å². The molecule has 7 nitrogen and oxygen atoms in total. The molecule has 0 radical (unpaired) electrons. The lowest BCUT2D eigenvalue weighted by molar-refractivity contribution is -0.137. The van der Waals surface area contributed by atoms with Crippen LogP contribution >= 0.6 is 0 Å². The minimum Gasteiger partial charge on any atom is -0.367 e. The van der Waals surface area contributed by atoms with E-state index >= 15 is 0 Å². The maximum atomic E-state index is 13.1. The lowest BCUT2D eigenvalue weighted by Crippen LogP contribution is -2.24. The summed E-state index contributed by atoms with van der Waals surface area (Å²) in [6.45, 7) is 2.25. The van der Waals surface area contributed by atoms with Crippen LogP contribution < -0.4 is 10.6 Å². The Bertz CT molecular complexity index is 1070. The average Bonchev–Trinajstić information content (AvgIpc) is 3.11. The van der Waals surface area contributed by atoms with Gasteiger partial charge < -0.3 is 10.6 Å². The van der Waals surface area contributed by atoms with Crippen molar-refractivity contribution in [2.24, 2.45) is 0 Å². The van der Waals surface area contributed by atoms with Crippen LogP contribution in [0.2, 0.25) is 0 Å². The minimum absolute atomic E-state index is 0.0980. The largest absolute Gasteiger partial charge is 0.421 e. The van der Waals surface area contributed by atoms with Crippen LogP contribution in [0, 0.1) is 11.3 Å². The first-order valence-electron chi connectivity index (χ1n) is 8.57. The number of nitrogens with one attached hydrogen (secondary N) is 2. The fourth-order valence-corrected chi connectivity index (χ4v) is 2.72. The molecule has 152 valence electrons. The van der Waals surface area contributed by atoms with E-state index in [1.807, 2.05) is 0 Å². The quantitative estimate of drug-likeness (QED) is 0.595. The molecule has 0 saturated heterocycles. The second-order valence-electron chi connectivity index (χ2n) is 6.66. The third-order valence-corrected chi connectivity index (χ3v) is 4.14. The molecular weight excluding hydrogens is 390 g/mol. The van der Waals surface area contributed by atoms with Gasteiger partial charge in [0, 0.05) is 18.1 Å². The number of rotatable bonds is 6. The molecule has 0 atom stereocenters. The Morgan fingerprint density at radius 2 is 1.97 bits per heavy atom. The molecule has 2 heterocycles. The first-order chi connectivity index (χ1) is 13.7. The van der Waals surface area contributed by atoms with Gasteiger partial charge in [-0.1, -0.05) is 6.07 Å². The number of nitriles is 1. The normalized spacial score (nSPS) is 12.0. The van der Waals surface area contributed by atoms with Gasteiger partial charge in [0.25, 0.3) is 0 Å². The van der Waals surface area contributed by atoms with Crippen LogP contribution in [0.5, 0.6) is 0 Å². The van der Waals surface area contributed by atoms with Crippen molar-refractivity contribution >= 4 is 28.4 Å². The number of benzene rings is 1. The molecule has 2 N–H and O–H groups in total. The van der Waals surface area contributed by atoms with Gasteiger partial charge in [0.15, 0.2) is 0 Å². The second-order valence-corrected chi connectivity index (χ2v) is 6.66. The fourth-order valence-electron chi connectivity index (χ4n) is 2.72. The Morgan fingerprint density at radius 1 is 1.21 bits per heavy atom. The zero-order valence-electron chi connectivity index (χ0n) is 15.5. The van der Waals surface area contributed by atoms with Crippen LogP contribution in [-0.4, -0.2) is 33.0 Å². The molecule has 2 aromatic heterocycles. The molecule has 0 unspecified atom stereocenters. The number of hydrogen-bond acceptors (Lipinski definition) is 6. The van der Waals surface area contributed by atoms with Crippen LogP contribution in [0.15, 0.2) is 30.6 Å². The summed E-state index contributed by atoms with van der Waals surface area (Å²) in [6.07, 6.45) is -2.50. The van der Waals surface area contributed by atoms with E-state index in [0.717, 1.165) is 0 Å². The van der Waals surface area contributed by atoms with Crippen molar-refractivity contribution in [2.45, 2.75) is 25.6 Å². The van der Waals surface area contributed by atoms with Gasteiger partial charge in [0.1, 0.15) is 23.6 Å². The lowest BCUT2D eigenvalue weighted by Gasteiger charge is -2.17. The highest BCUT2D eigenvalue weighted by Crippen LogP contribution is 2.34. The molecule has 0 fully saturated rings. The summed E-state index contributed by atoms with van der Waals surface area (Å²) in [5, 5.41) is 19.4. The number of alkyl halides is 4. The van der Waals surface area contributed by atoms with Gasteiger partial charge in [-0.15, -0.1) is 0 Å². The van der Waals surface area contributed by atoms with Gasteiger partial charge in [-0.25, -0.2) is 14.1 Å². The molecule has 0 aliphatic heterocycles. The number of anilines is 3. The van der Waals surface area contributed by atoms with Crippen molar-refractivity contribution in [1.82, 2.24) is 19.7 Å². The third-order valence-electron chi connectivity index (χ3n) is 4.14. The first-order valence-corrected chi connectivity index (χ1v) is 8.57. The summed E-state index contributed by atoms with van der Waals surface area (Å²) in [4.78, 5) is 7.58. The standard InChI is InChI=1S/C18H17F4N7/c1-17(2,10-23)29-14-5-3-4-13(11(14)8-26-29)27-16-25-9-12(18(20,21)22)15(28-16)24-7-6-19/h3-5,8-9H,6-7H2,1-2H3,(H2,24,25,27,28). The molecule has 0 aliphatic carbocycles. The van der Waals surface area contributed by atoms with Crippen molar-refractivity contribution in [3.05, 3.63) is 36.2 Å². The van der Waals surface area contributed by atoms with E-state index < -0.39 is 29.8 Å². The van der Waals surface area contributed by atoms with E-state index in [1.54, 1.807) is 42.9 Å². The van der Waals surface area contributed by atoms with Crippen LogP contribution in [0.3, 0.4) is 0 Å². The molecule has 0 amide bonds. The predicted octanol–water partition coefficient (Wildman–Crippen LogP) is 4.23. The minimum atomic E-state index is -4.68. The highest BCUT2D eigenvalue weighted by Gasteiger charge is 2.35. The van der Waals surface area contributed by atoms with Gasteiger partial charge >= 0.3 is 6.18 Å². The fraction of sp³-hybridized carbons (Fsp3) is 0.333. The van der Waals surface area contributed by atoms with E-state index in [1.165, 1.54) is 0 Å². The smallest absolute Gasteiger partial charge is 0.367 e. The lowest BCUT2D eigenvalue weighted by atomic mass is 10.1. The van der Waals surface area contributed by atoms with Crippen molar-refractivity contribution < 1.29 is 17.6 Å². The van der Waals surface area contributed by atoms with Gasteiger partial charge in [0.2, 0.25) is 5.95 Å². The summed E-state index contributed by atoms with van der Waals surface area (Å²) in [7, 11) is 0. The molecule has 0 bridgehead atoms. The highest BCUT2D eigenvalue weighted by atomic mass is 19.4. The van der Waals surface area contributed by atoms with Gasteiger partial charge in [-0.3, -0.25) is 0 Å². The number of fused-ring (bicyclic) bond motifs is 1. The average molecular weight is 407 g/mol. The number of hydrogen-bond donors (Lipinski definition) is 2. The first kappa shape index (κ1) is 20.3. The maximum Gasteiger partial charge on any atom is 0.421 e. The third kappa shape index (κ3) is 4.06. The van der Waals surface area contributed by atoms with Crippen molar-refractivity contribution in [3.63, 3.8) is 0 Å². The molecular formula is C18H17F4N7. The predicted molar refractivity (Wildman–Crippen MR) is 99.4 cm³/mol. The van der Waals surface area contributed by atoms with E-state index in [9.17, 15) is 22.8 Å². The summed E-state index contributed by atoms with van der Waals surface area (Å²) in [5.74, 6) is -0.611.